The maximum Gasteiger partial charge on any atom is 0.485 e. The summed E-state index contributed by atoms with van der Waals surface area (Å²) in [6, 6.07) is 0. The van der Waals surface area contributed by atoms with Crippen molar-refractivity contribution in [2.24, 2.45) is 0 Å². The van der Waals surface area contributed by atoms with Gasteiger partial charge in [0.15, 0.2) is 10.1 Å². The van der Waals surface area contributed by atoms with Crippen molar-refractivity contribution in [3.05, 3.63) is 24.0 Å². The molecule has 0 saturated carbocycles. The summed E-state index contributed by atoms with van der Waals surface area (Å²) >= 11 is 0. The molecule has 0 radical (unpaired) electrons. The first-order valence-corrected chi connectivity index (χ1v) is 6.29. The zero-order valence-electron chi connectivity index (χ0n) is 9.41. The van der Waals surface area contributed by atoms with Gasteiger partial charge in [0, 0.05) is 11.6 Å². The minimum Gasteiger partial charge on any atom is -0.741 e. The highest BCUT2D eigenvalue weighted by Gasteiger charge is 2.36. The van der Waals surface area contributed by atoms with Crippen LogP contribution in [0.2, 0.25) is 0 Å². The largest absolute Gasteiger partial charge is 0.741 e. The van der Waals surface area contributed by atoms with Crippen molar-refractivity contribution in [2.75, 3.05) is 6.54 Å². The first-order chi connectivity index (χ1) is 7.61. The van der Waals surface area contributed by atoms with Crippen LogP contribution in [0.5, 0.6) is 0 Å². The highest BCUT2D eigenvalue weighted by molar-refractivity contribution is 7.86. The topological polar surface area (TPSA) is 61.6 Å². The van der Waals surface area contributed by atoms with Crippen LogP contribution in [0.3, 0.4) is 0 Å². The van der Waals surface area contributed by atoms with Crippen molar-refractivity contribution in [3.8, 4) is 0 Å². The second-order valence-electron chi connectivity index (χ2n) is 3.23. The van der Waals surface area contributed by atoms with E-state index in [1.807, 2.05) is 0 Å². The van der Waals surface area contributed by atoms with E-state index in [9.17, 15) is 13.2 Å². The molecule has 100 valence electrons. The van der Waals surface area contributed by atoms with Crippen LogP contribution in [-0.2, 0) is 10.1 Å². The van der Waals surface area contributed by atoms with Crippen LogP contribution < -0.4 is 4.90 Å². The van der Waals surface area contributed by atoms with E-state index in [1.165, 1.54) is 23.4 Å². The second-order valence-corrected chi connectivity index (χ2v) is 4.61. The molecular weight excluding hydrogens is 259 g/mol. The maximum absolute atomic E-state index is 10.7. The Hall–Kier alpha value is -0.860. The van der Waals surface area contributed by atoms with Crippen molar-refractivity contribution < 1.29 is 31.0 Å². The molecule has 0 spiro atoms. The van der Waals surface area contributed by atoms with Crippen LogP contribution in [0, 0.1) is 0 Å². The molecule has 1 atom stereocenters. The van der Waals surface area contributed by atoms with Crippen molar-refractivity contribution in [3.63, 3.8) is 0 Å². The van der Waals surface area contributed by atoms with E-state index in [0.717, 1.165) is 0 Å². The molecule has 1 heterocycles. The fraction of sp³-hybridized carbons (Fsp3) is 0.556. The summed E-state index contributed by atoms with van der Waals surface area (Å²) in [4.78, 5) is 1.46. The van der Waals surface area contributed by atoms with Crippen molar-refractivity contribution >= 4 is 10.1 Å². The third kappa shape index (κ3) is 5.85. The summed E-state index contributed by atoms with van der Waals surface area (Å²) in [5.74, 6) is 0. The Bertz CT molecular complexity index is 398. The van der Waals surface area contributed by atoms with Crippen LogP contribution in [0.15, 0.2) is 24.0 Å². The van der Waals surface area contributed by atoms with Crippen LogP contribution in [-0.4, -0.2) is 25.0 Å². The first-order valence-electron chi connectivity index (χ1n) is 4.88. The molecule has 0 bridgehead atoms. The highest BCUT2D eigenvalue weighted by atomic mass is 32.2. The van der Waals surface area contributed by atoms with Crippen molar-refractivity contribution in [2.45, 2.75) is 25.8 Å². The Morgan fingerprint density at radius 3 is 2.00 bits per heavy atom. The normalized spacial score (nSPS) is 19.6. The summed E-state index contributed by atoms with van der Waals surface area (Å²) in [6.07, 6.45) is 7.86. The van der Waals surface area contributed by atoms with Gasteiger partial charge in [-0.3, -0.25) is 4.90 Å². The minimum absolute atomic E-state index is 1.17. The molecule has 0 saturated heterocycles. The molecule has 0 amide bonds. The van der Waals surface area contributed by atoms with Crippen LogP contribution >= 0.6 is 0 Å². The molecule has 1 N–H and O–H groups in total. The molecule has 8 heteroatoms. The monoisotopic (exact) mass is 273 g/mol. The van der Waals surface area contributed by atoms with Gasteiger partial charge in [0.05, 0.1) is 12.7 Å². The Balaban J connectivity index is 0.000000304. The highest BCUT2D eigenvalue weighted by Crippen LogP contribution is 2.20. The van der Waals surface area contributed by atoms with Crippen LogP contribution in [0.1, 0.15) is 20.3 Å². The van der Waals surface area contributed by atoms with E-state index in [-0.39, 0.29) is 0 Å². The van der Waals surface area contributed by atoms with Gasteiger partial charge in [-0.05, 0) is 13.3 Å². The number of hydrogen-bond acceptors (Lipinski definition) is 3. The SMILES string of the molecule is CCC1=C[NH+](CC)C=C1.O=S(=O)([O-])C(F)(F)F. The van der Waals surface area contributed by atoms with E-state index in [1.54, 1.807) is 0 Å². The van der Waals surface area contributed by atoms with Crippen molar-refractivity contribution in [1.29, 1.82) is 0 Å². The van der Waals surface area contributed by atoms with E-state index < -0.39 is 15.6 Å². The van der Waals surface area contributed by atoms with Crippen LogP contribution in [0.25, 0.3) is 0 Å². The zero-order valence-corrected chi connectivity index (χ0v) is 10.2. The van der Waals surface area contributed by atoms with Gasteiger partial charge in [0.1, 0.15) is 6.20 Å². The number of hydrogen-bond donors (Lipinski definition) is 1. The Morgan fingerprint density at radius 2 is 1.82 bits per heavy atom. The zero-order chi connectivity index (χ0) is 13.7. The smallest absolute Gasteiger partial charge is 0.485 e. The molecule has 1 aliphatic heterocycles. The fourth-order valence-corrected chi connectivity index (χ4v) is 0.988. The summed E-state index contributed by atoms with van der Waals surface area (Å²) in [6.45, 7) is 5.55. The van der Waals surface area contributed by atoms with Crippen molar-refractivity contribution in [1.82, 2.24) is 0 Å². The lowest BCUT2D eigenvalue weighted by Crippen LogP contribution is -3.01. The summed E-state index contributed by atoms with van der Waals surface area (Å²) in [5, 5.41) is 0. The molecule has 4 nitrogen and oxygen atoms in total. The van der Waals surface area contributed by atoms with E-state index in [2.05, 4.69) is 32.3 Å². The predicted molar refractivity (Wildman–Crippen MR) is 54.8 cm³/mol. The predicted octanol–water partition coefficient (Wildman–Crippen LogP) is 0.764. The third-order valence-corrected chi connectivity index (χ3v) is 2.55. The molecule has 1 rings (SSSR count). The number of alkyl halides is 3. The molecular formula is C9H14F3NO3S. The lowest BCUT2D eigenvalue weighted by Gasteiger charge is -2.08. The Morgan fingerprint density at radius 1 is 1.35 bits per heavy atom. The number of allylic oxidation sites excluding steroid dienone is 2. The first kappa shape index (κ1) is 16.1. The van der Waals surface area contributed by atoms with Gasteiger partial charge in [-0.1, -0.05) is 6.92 Å². The molecule has 1 aliphatic rings. The van der Waals surface area contributed by atoms with Gasteiger partial charge >= 0.3 is 5.51 Å². The summed E-state index contributed by atoms with van der Waals surface area (Å²) in [5.41, 5.74) is -4.18. The fourth-order valence-electron chi connectivity index (χ4n) is 0.988. The van der Waals surface area contributed by atoms with Gasteiger partial charge in [0.25, 0.3) is 0 Å². The lowest BCUT2D eigenvalue weighted by molar-refractivity contribution is -0.785. The maximum atomic E-state index is 10.7. The number of quaternary nitrogens is 1. The van der Waals surface area contributed by atoms with E-state index in [0.29, 0.717) is 0 Å². The molecule has 0 aromatic rings. The Labute approximate surface area is 98.2 Å². The molecule has 0 aromatic heterocycles. The number of halogens is 3. The quantitative estimate of drug-likeness (QED) is 0.597. The third-order valence-electron chi connectivity index (χ3n) is 1.98. The van der Waals surface area contributed by atoms with Gasteiger partial charge in [-0.2, -0.15) is 13.2 Å². The van der Waals surface area contributed by atoms with E-state index in [4.69, 9.17) is 13.0 Å². The van der Waals surface area contributed by atoms with E-state index >= 15 is 0 Å². The average molecular weight is 273 g/mol. The Kier molecular flexibility index (Phi) is 5.86. The summed E-state index contributed by atoms with van der Waals surface area (Å²) in [7, 11) is -6.09. The molecule has 0 fully saturated rings. The number of rotatable bonds is 2. The minimum atomic E-state index is -6.09. The second kappa shape index (κ2) is 6.18. The standard InChI is InChI=1S/C8H13N.CHF3O3S/c1-3-8-5-6-9(4-2)7-8;2-1(3,4)8(5,6)7/h5-7H,3-4H2,1-2H3;(H,5,6,7). The lowest BCUT2D eigenvalue weighted by atomic mass is 10.2. The molecule has 1 unspecified atom stereocenters. The number of nitrogens with one attached hydrogen (secondary N) is 1. The molecule has 0 aliphatic carbocycles. The molecule has 17 heavy (non-hydrogen) atoms. The van der Waals surface area contributed by atoms with Gasteiger partial charge in [0.2, 0.25) is 0 Å². The summed E-state index contributed by atoms with van der Waals surface area (Å²) < 4.78 is 58.9. The van der Waals surface area contributed by atoms with Gasteiger partial charge in [-0.25, -0.2) is 8.42 Å². The van der Waals surface area contributed by atoms with Crippen LogP contribution in [0.4, 0.5) is 13.2 Å². The molecule has 0 aromatic carbocycles. The average Bonchev–Trinajstić information content (AvgIpc) is 2.63. The van der Waals surface area contributed by atoms with Gasteiger partial charge in [-0.15, -0.1) is 0 Å². The van der Waals surface area contributed by atoms with Gasteiger partial charge < -0.3 is 4.55 Å².